The van der Waals surface area contributed by atoms with E-state index in [1.54, 1.807) is 36.8 Å². The fourth-order valence-corrected chi connectivity index (χ4v) is 5.68. The number of amides is 2. The number of thiocarbonyl (C=S) groups is 1. The number of rotatable bonds is 5. The first-order valence-electron chi connectivity index (χ1n) is 11.9. The number of carbonyl (C=O) groups excluding carboxylic acids is 2. The molecule has 0 radical (unpaired) electrons. The summed E-state index contributed by atoms with van der Waals surface area (Å²) in [5.74, 6) is 0.377. The van der Waals surface area contributed by atoms with Crippen LogP contribution >= 0.6 is 24.0 Å². The van der Waals surface area contributed by atoms with Gasteiger partial charge in [0.15, 0.2) is 0 Å². The van der Waals surface area contributed by atoms with Crippen molar-refractivity contribution in [3.05, 3.63) is 67.8 Å². The number of aromatic nitrogens is 1. The molecule has 1 aromatic carbocycles. The molecule has 2 amide bonds. The first-order valence-corrected chi connectivity index (χ1v) is 13.1. The van der Waals surface area contributed by atoms with Crippen molar-refractivity contribution in [3.63, 3.8) is 0 Å². The van der Waals surface area contributed by atoms with Gasteiger partial charge in [0, 0.05) is 38.8 Å². The Balaban J connectivity index is 1.70. The van der Waals surface area contributed by atoms with Crippen LogP contribution in [0.1, 0.15) is 29.2 Å². The maximum Gasteiger partial charge on any atom is 0.409 e. The maximum atomic E-state index is 13.4. The lowest BCUT2D eigenvalue weighted by Crippen LogP contribution is -2.50. The van der Waals surface area contributed by atoms with Gasteiger partial charge >= 0.3 is 6.09 Å². The molecule has 9 nitrogen and oxygen atoms in total. The van der Waals surface area contributed by atoms with Crippen LogP contribution in [0.5, 0.6) is 0 Å². The zero-order valence-corrected chi connectivity index (χ0v) is 22.5. The number of pyridine rings is 1. The predicted octanol–water partition coefficient (Wildman–Crippen LogP) is 3.25. The molecular weight excluding hydrogens is 510 g/mol. The zero-order chi connectivity index (χ0) is 26.7. The standard InChI is InChI=1S/C26H27N5O4S2/c1-4-35-25(34)30-12-10-29(11-13-30)22-19(17(2)20(15-27)23(32)28(22)3)14-21-24(33)31(26(36)37-21)16-18-8-6-5-7-9-18/h5-9,14H,4,10-13,16H2,1-3H3/b21-14-. The smallest absolute Gasteiger partial charge is 0.409 e. The van der Waals surface area contributed by atoms with Gasteiger partial charge in [-0.2, -0.15) is 5.26 Å². The number of hydrogen-bond donors (Lipinski definition) is 0. The second kappa shape index (κ2) is 11.2. The lowest BCUT2D eigenvalue weighted by atomic mass is 10.0. The minimum absolute atomic E-state index is 0.0300. The number of benzene rings is 1. The molecule has 0 bridgehead atoms. The molecule has 3 heterocycles. The van der Waals surface area contributed by atoms with Gasteiger partial charge in [0.1, 0.15) is 21.8 Å². The van der Waals surface area contributed by atoms with Crippen molar-refractivity contribution >= 4 is 52.2 Å². The van der Waals surface area contributed by atoms with E-state index in [0.717, 1.165) is 5.56 Å². The van der Waals surface area contributed by atoms with Crippen LogP contribution in [-0.2, 0) is 23.1 Å². The van der Waals surface area contributed by atoms with Crippen LogP contribution in [0.4, 0.5) is 10.6 Å². The highest BCUT2D eigenvalue weighted by Crippen LogP contribution is 2.36. The normalized spacial score (nSPS) is 16.9. The molecule has 1 aromatic heterocycles. The van der Waals surface area contributed by atoms with E-state index in [-0.39, 0.29) is 17.6 Å². The number of hydrogen-bond acceptors (Lipinski definition) is 8. The first-order chi connectivity index (χ1) is 17.8. The highest BCUT2D eigenvalue weighted by atomic mass is 32.2. The van der Waals surface area contributed by atoms with Crippen LogP contribution in [0.25, 0.3) is 6.08 Å². The summed E-state index contributed by atoms with van der Waals surface area (Å²) in [7, 11) is 1.62. The Bertz CT molecular complexity index is 1370. The van der Waals surface area contributed by atoms with Gasteiger partial charge in [-0.1, -0.05) is 54.3 Å². The summed E-state index contributed by atoms with van der Waals surface area (Å²) in [6.45, 7) is 5.92. The highest BCUT2D eigenvalue weighted by molar-refractivity contribution is 8.26. The summed E-state index contributed by atoms with van der Waals surface area (Å²) in [4.78, 5) is 44.1. The molecule has 0 aliphatic carbocycles. The fraction of sp³-hybridized carbons (Fsp3) is 0.346. The van der Waals surface area contributed by atoms with Gasteiger partial charge in [-0.05, 0) is 31.1 Å². The molecule has 0 unspecified atom stereocenters. The average molecular weight is 538 g/mol. The van der Waals surface area contributed by atoms with Crippen LogP contribution in [0.2, 0.25) is 0 Å². The first kappa shape index (κ1) is 26.4. The van der Waals surface area contributed by atoms with Gasteiger partial charge < -0.3 is 14.5 Å². The largest absolute Gasteiger partial charge is 0.450 e. The summed E-state index contributed by atoms with van der Waals surface area (Å²) < 4.78 is 7.01. The maximum absolute atomic E-state index is 13.4. The van der Waals surface area contributed by atoms with Crippen LogP contribution in [0.3, 0.4) is 0 Å². The Kier molecular flexibility index (Phi) is 8.00. The van der Waals surface area contributed by atoms with Crippen molar-refractivity contribution in [1.29, 1.82) is 5.26 Å². The van der Waals surface area contributed by atoms with Crippen molar-refractivity contribution in [3.8, 4) is 6.07 Å². The van der Waals surface area contributed by atoms with E-state index in [1.165, 1.54) is 16.3 Å². The number of piperazine rings is 1. The number of carbonyl (C=O) groups is 2. The second-order valence-corrected chi connectivity index (χ2v) is 10.3. The lowest BCUT2D eigenvalue weighted by molar-refractivity contribution is -0.122. The molecule has 0 atom stereocenters. The highest BCUT2D eigenvalue weighted by Gasteiger charge is 2.33. The number of thioether (sulfide) groups is 1. The third kappa shape index (κ3) is 5.26. The molecule has 2 aromatic rings. The molecule has 11 heteroatoms. The molecule has 0 saturated carbocycles. The van der Waals surface area contributed by atoms with Crippen LogP contribution in [0, 0.1) is 18.3 Å². The molecule has 4 rings (SSSR count). The van der Waals surface area contributed by atoms with E-state index >= 15 is 0 Å². The summed E-state index contributed by atoms with van der Waals surface area (Å²) in [6, 6.07) is 11.6. The minimum Gasteiger partial charge on any atom is -0.450 e. The number of nitrogens with zero attached hydrogens (tertiary/aromatic N) is 5. The third-order valence-corrected chi connectivity index (χ3v) is 7.78. The van der Waals surface area contributed by atoms with Crippen LogP contribution in [0.15, 0.2) is 40.0 Å². The predicted molar refractivity (Wildman–Crippen MR) is 147 cm³/mol. The quantitative estimate of drug-likeness (QED) is 0.424. The summed E-state index contributed by atoms with van der Waals surface area (Å²) in [5, 5.41) is 9.70. The topological polar surface area (TPSA) is 98.9 Å². The third-order valence-electron chi connectivity index (χ3n) is 6.41. The fourth-order valence-electron chi connectivity index (χ4n) is 4.44. The Morgan fingerprint density at radius 2 is 1.86 bits per heavy atom. The van der Waals surface area contributed by atoms with Crippen molar-refractivity contribution in [2.45, 2.75) is 20.4 Å². The Hall–Kier alpha value is -3.62. The van der Waals surface area contributed by atoms with Gasteiger partial charge in [-0.3, -0.25) is 19.1 Å². The molecule has 0 N–H and O–H groups in total. The van der Waals surface area contributed by atoms with Gasteiger partial charge in [-0.15, -0.1) is 0 Å². The molecule has 37 heavy (non-hydrogen) atoms. The van der Waals surface area contributed by atoms with Crippen molar-refractivity contribution in [2.24, 2.45) is 7.05 Å². The average Bonchev–Trinajstić information content (AvgIpc) is 3.16. The summed E-state index contributed by atoms with van der Waals surface area (Å²) in [6.07, 6.45) is 1.36. The zero-order valence-electron chi connectivity index (χ0n) is 20.9. The molecule has 2 aliphatic rings. The van der Waals surface area contributed by atoms with E-state index in [9.17, 15) is 19.6 Å². The molecule has 2 saturated heterocycles. The van der Waals surface area contributed by atoms with Crippen molar-refractivity contribution in [1.82, 2.24) is 14.4 Å². The monoisotopic (exact) mass is 537 g/mol. The molecule has 2 fully saturated rings. The summed E-state index contributed by atoms with van der Waals surface area (Å²) in [5.41, 5.74) is 1.70. The number of nitriles is 1. The molecule has 0 spiro atoms. The van der Waals surface area contributed by atoms with E-state index in [0.29, 0.717) is 65.5 Å². The minimum atomic E-state index is -0.406. The molecular formula is C26H27N5O4S2. The van der Waals surface area contributed by atoms with E-state index in [2.05, 4.69) is 0 Å². The van der Waals surface area contributed by atoms with Gasteiger partial charge in [-0.25, -0.2) is 4.79 Å². The SMILES string of the molecule is CCOC(=O)N1CCN(c2c(/C=C3\SC(=S)N(Cc4ccccc4)C3=O)c(C)c(C#N)c(=O)n2C)CC1. The van der Waals surface area contributed by atoms with E-state index in [4.69, 9.17) is 17.0 Å². The molecule has 2 aliphatic heterocycles. The lowest BCUT2D eigenvalue weighted by Gasteiger charge is -2.37. The van der Waals surface area contributed by atoms with Crippen LogP contribution in [-0.4, -0.2) is 63.5 Å². The van der Waals surface area contributed by atoms with Crippen molar-refractivity contribution in [2.75, 3.05) is 37.7 Å². The number of anilines is 1. The van der Waals surface area contributed by atoms with Gasteiger partial charge in [0.05, 0.1) is 18.1 Å². The Morgan fingerprint density at radius 3 is 2.49 bits per heavy atom. The van der Waals surface area contributed by atoms with Crippen LogP contribution < -0.4 is 10.5 Å². The van der Waals surface area contributed by atoms with Gasteiger partial charge in [0.2, 0.25) is 0 Å². The second-order valence-electron chi connectivity index (χ2n) is 8.64. The van der Waals surface area contributed by atoms with Crippen molar-refractivity contribution < 1.29 is 14.3 Å². The van der Waals surface area contributed by atoms with Gasteiger partial charge in [0.25, 0.3) is 11.5 Å². The Morgan fingerprint density at radius 1 is 1.19 bits per heavy atom. The summed E-state index contributed by atoms with van der Waals surface area (Å²) >= 11 is 6.72. The van der Waals surface area contributed by atoms with E-state index in [1.807, 2.05) is 41.3 Å². The Labute approximate surface area is 224 Å². The number of ether oxygens (including phenoxy) is 1. The molecule has 192 valence electrons. The van der Waals surface area contributed by atoms with E-state index < -0.39 is 5.56 Å².